The highest BCUT2D eigenvalue weighted by Gasteiger charge is 2.26. The van der Waals surface area contributed by atoms with Crippen molar-refractivity contribution in [1.29, 1.82) is 0 Å². The first-order chi connectivity index (χ1) is 12.0. The Morgan fingerprint density at radius 3 is 2.64 bits per heavy atom. The fraction of sp³-hybridized carbons (Fsp3) is 0.524. The molecular weight excluding hydrogens is 310 g/mol. The molecule has 3 rings (SSSR count). The van der Waals surface area contributed by atoms with Crippen molar-refractivity contribution in [3.63, 3.8) is 0 Å². The molecule has 4 nitrogen and oxygen atoms in total. The van der Waals surface area contributed by atoms with Gasteiger partial charge >= 0.3 is 0 Å². The van der Waals surface area contributed by atoms with E-state index in [0.29, 0.717) is 18.3 Å². The molecule has 2 aromatic rings. The molecule has 1 aromatic carbocycles. The van der Waals surface area contributed by atoms with E-state index in [9.17, 15) is 4.79 Å². The van der Waals surface area contributed by atoms with Gasteiger partial charge in [-0.05, 0) is 48.3 Å². The van der Waals surface area contributed by atoms with Crippen molar-refractivity contribution < 1.29 is 4.79 Å². The Morgan fingerprint density at radius 1 is 1.24 bits per heavy atom. The number of carbonyl (C=O) groups excluding carboxylic acids is 1. The normalized spacial score (nSPS) is 17.4. The average molecular weight is 339 g/mol. The Hall–Kier alpha value is -2.10. The number of amides is 1. The topological polar surface area (TPSA) is 38.1 Å². The molecule has 0 bridgehead atoms. The maximum absolute atomic E-state index is 12.5. The first-order valence-corrected chi connectivity index (χ1v) is 9.36. The van der Waals surface area contributed by atoms with Gasteiger partial charge in [0.05, 0.1) is 0 Å². The molecule has 0 spiro atoms. The molecule has 2 heterocycles. The van der Waals surface area contributed by atoms with Gasteiger partial charge in [0.2, 0.25) is 5.91 Å². The van der Waals surface area contributed by atoms with Crippen LogP contribution in [0.3, 0.4) is 0 Å². The van der Waals surface area contributed by atoms with Gasteiger partial charge in [-0.3, -0.25) is 9.48 Å². The predicted molar refractivity (Wildman–Crippen MR) is 100 cm³/mol. The average Bonchev–Trinajstić information content (AvgIpc) is 3.22. The maximum Gasteiger partial charge on any atom is 0.222 e. The first-order valence-electron chi connectivity index (χ1n) is 9.36. The van der Waals surface area contributed by atoms with Crippen LogP contribution >= 0.6 is 0 Å². The van der Waals surface area contributed by atoms with Crippen LogP contribution in [0.15, 0.2) is 36.5 Å². The summed E-state index contributed by atoms with van der Waals surface area (Å²) >= 11 is 0. The van der Waals surface area contributed by atoms with Crippen molar-refractivity contribution in [2.75, 3.05) is 13.1 Å². The fourth-order valence-corrected chi connectivity index (χ4v) is 3.64. The number of hydrogen-bond donors (Lipinski definition) is 0. The summed E-state index contributed by atoms with van der Waals surface area (Å²) in [4.78, 5) is 14.5. The minimum absolute atomic E-state index is 0.277. The second kappa shape index (κ2) is 7.85. The van der Waals surface area contributed by atoms with Gasteiger partial charge in [-0.2, -0.15) is 5.10 Å². The van der Waals surface area contributed by atoms with Crippen molar-refractivity contribution in [3.05, 3.63) is 53.3 Å². The molecule has 1 saturated heterocycles. The lowest BCUT2D eigenvalue weighted by atomic mass is 9.96. The van der Waals surface area contributed by atoms with Crippen molar-refractivity contribution in [2.24, 2.45) is 13.0 Å². The molecule has 25 heavy (non-hydrogen) atoms. The molecule has 1 aliphatic rings. The largest absolute Gasteiger partial charge is 0.342 e. The summed E-state index contributed by atoms with van der Waals surface area (Å²) in [5.74, 6) is 1.44. The zero-order valence-electron chi connectivity index (χ0n) is 15.6. The van der Waals surface area contributed by atoms with E-state index in [1.165, 1.54) is 11.1 Å². The number of benzene rings is 1. The molecule has 1 atom stereocenters. The molecule has 1 fully saturated rings. The highest BCUT2D eigenvalue weighted by atomic mass is 16.2. The number of rotatable bonds is 6. The van der Waals surface area contributed by atoms with Crippen LogP contribution in [0.25, 0.3) is 0 Å². The van der Waals surface area contributed by atoms with Crippen molar-refractivity contribution >= 4 is 5.91 Å². The number of carbonyl (C=O) groups is 1. The molecule has 134 valence electrons. The molecule has 1 aliphatic heterocycles. The quantitative estimate of drug-likeness (QED) is 0.807. The number of aromatic nitrogens is 2. The Balaban J connectivity index is 1.47. The summed E-state index contributed by atoms with van der Waals surface area (Å²) < 4.78 is 1.85. The Kier molecular flexibility index (Phi) is 5.57. The summed E-state index contributed by atoms with van der Waals surface area (Å²) in [5.41, 5.74) is 3.90. The monoisotopic (exact) mass is 339 g/mol. The fourth-order valence-electron chi connectivity index (χ4n) is 3.64. The van der Waals surface area contributed by atoms with E-state index in [0.717, 1.165) is 38.0 Å². The lowest BCUT2D eigenvalue weighted by Gasteiger charge is -2.17. The minimum atomic E-state index is 0.277. The van der Waals surface area contributed by atoms with Crippen molar-refractivity contribution in [3.8, 4) is 0 Å². The van der Waals surface area contributed by atoms with Gasteiger partial charge in [-0.1, -0.05) is 38.1 Å². The Morgan fingerprint density at radius 2 is 2.00 bits per heavy atom. The Bertz CT molecular complexity index is 702. The van der Waals surface area contributed by atoms with Crippen molar-refractivity contribution in [2.45, 2.75) is 45.4 Å². The molecule has 0 unspecified atom stereocenters. The van der Waals surface area contributed by atoms with Crippen LogP contribution in [-0.2, 0) is 24.7 Å². The van der Waals surface area contributed by atoms with Crippen LogP contribution in [0, 0.1) is 5.92 Å². The zero-order chi connectivity index (χ0) is 17.8. The van der Waals surface area contributed by atoms with Crippen LogP contribution < -0.4 is 0 Å². The summed E-state index contributed by atoms with van der Waals surface area (Å²) in [6.07, 6.45) is 5.33. The summed E-state index contributed by atoms with van der Waals surface area (Å²) in [5, 5.41) is 4.16. The molecule has 0 saturated carbocycles. The maximum atomic E-state index is 12.5. The summed E-state index contributed by atoms with van der Waals surface area (Å²) in [6, 6.07) is 11.0. The highest BCUT2D eigenvalue weighted by Crippen LogP contribution is 2.23. The molecule has 4 heteroatoms. The third kappa shape index (κ3) is 4.50. The number of aryl methyl sites for hydroxylation is 2. The molecular formula is C21H29N3O. The predicted octanol–water partition coefficient (Wildman–Crippen LogP) is 3.57. The number of nitrogens with zero attached hydrogens (tertiary/aromatic N) is 3. The molecule has 0 N–H and O–H groups in total. The van der Waals surface area contributed by atoms with Crippen LogP contribution in [0.4, 0.5) is 0 Å². The third-order valence-electron chi connectivity index (χ3n) is 5.33. The second-order valence-corrected chi connectivity index (χ2v) is 7.54. The second-order valence-electron chi connectivity index (χ2n) is 7.54. The number of likely N-dealkylation sites (tertiary alicyclic amines) is 1. The molecule has 0 radical (unpaired) electrons. The summed E-state index contributed by atoms with van der Waals surface area (Å²) in [7, 11) is 1.93. The van der Waals surface area contributed by atoms with Gasteiger partial charge in [0.1, 0.15) is 0 Å². The van der Waals surface area contributed by atoms with Gasteiger partial charge in [0.25, 0.3) is 0 Å². The SMILES string of the molecule is CC(C)c1ccc(C[C@H]2CCN(C(=O)CCc3ccnn3C)C2)cc1. The first kappa shape index (κ1) is 17.7. The smallest absolute Gasteiger partial charge is 0.222 e. The van der Waals surface area contributed by atoms with Crippen molar-refractivity contribution in [1.82, 2.24) is 14.7 Å². The van der Waals surface area contributed by atoms with Gasteiger partial charge in [0, 0.05) is 38.4 Å². The highest BCUT2D eigenvalue weighted by molar-refractivity contribution is 5.76. The van der Waals surface area contributed by atoms with E-state index >= 15 is 0 Å². The van der Waals surface area contributed by atoms with Crippen LogP contribution in [0.2, 0.25) is 0 Å². The van der Waals surface area contributed by atoms with Crippen LogP contribution in [-0.4, -0.2) is 33.7 Å². The third-order valence-corrected chi connectivity index (χ3v) is 5.33. The van der Waals surface area contributed by atoms with Gasteiger partial charge in [-0.15, -0.1) is 0 Å². The van der Waals surface area contributed by atoms with Gasteiger partial charge < -0.3 is 4.90 Å². The van der Waals surface area contributed by atoms with E-state index in [2.05, 4.69) is 43.2 Å². The van der Waals surface area contributed by atoms with Crippen LogP contribution in [0.1, 0.15) is 49.4 Å². The summed E-state index contributed by atoms with van der Waals surface area (Å²) in [6.45, 7) is 6.25. The van der Waals surface area contributed by atoms with Gasteiger partial charge in [-0.25, -0.2) is 0 Å². The minimum Gasteiger partial charge on any atom is -0.342 e. The molecule has 1 amide bonds. The molecule has 0 aliphatic carbocycles. The lowest BCUT2D eigenvalue weighted by Crippen LogP contribution is -2.29. The Labute approximate surface area is 150 Å². The van der Waals surface area contributed by atoms with Crippen LogP contribution in [0.5, 0.6) is 0 Å². The van der Waals surface area contributed by atoms with E-state index < -0.39 is 0 Å². The van der Waals surface area contributed by atoms with E-state index in [-0.39, 0.29) is 5.91 Å². The van der Waals surface area contributed by atoms with E-state index in [1.807, 2.05) is 22.7 Å². The lowest BCUT2D eigenvalue weighted by molar-refractivity contribution is -0.130. The standard InChI is InChI=1S/C21H29N3O/c1-16(2)19-6-4-17(5-7-19)14-18-11-13-24(15-18)21(25)9-8-20-10-12-22-23(20)3/h4-7,10,12,16,18H,8-9,11,13-15H2,1-3H3/t18-/m1/s1. The van der Waals surface area contributed by atoms with Gasteiger partial charge in [0.15, 0.2) is 0 Å². The zero-order valence-corrected chi connectivity index (χ0v) is 15.6. The number of hydrogen-bond acceptors (Lipinski definition) is 2. The molecule has 1 aromatic heterocycles. The van der Waals surface area contributed by atoms with E-state index in [1.54, 1.807) is 6.20 Å². The van der Waals surface area contributed by atoms with E-state index in [4.69, 9.17) is 0 Å².